The number of benzene rings is 1. The molecule has 0 radical (unpaired) electrons. The zero-order valence-corrected chi connectivity index (χ0v) is 14.3. The zero-order valence-electron chi connectivity index (χ0n) is 13.5. The highest BCUT2D eigenvalue weighted by atomic mass is 32.1. The van der Waals surface area contributed by atoms with Crippen LogP contribution in [0, 0.1) is 4.77 Å². The summed E-state index contributed by atoms with van der Waals surface area (Å²) < 4.78 is 5.95. The SMILES string of the molecule is O=C1CCCC2=C1C1(C(=O)Nc3ccccc31)c1c([nH]c(=S)[nH]c1=O)O2. The van der Waals surface area contributed by atoms with Crippen molar-refractivity contribution in [2.24, 2.45) is 0 Å². The molecule has 1 spiro atoms. The molecule has 3 N–H and O–H groups in total. The van der Waals surface area contributed by atoms with Gasteiger partial charge in [0.1, 0.15) is 16.7 Å². The van der Waals surface area contributed by atoms with Crippen LogP contribution < -0.4 is 15.6 Å². The third-order valence-electron chi connectivity index (χ3n) is 5.17. The number of aromatic nitrogens is 2. The number of hydrogen-bond acceptors (Lipinski definition) is 5. The first kappa shape index (κ1) is 15.3. The second-order valence-corrected chi connectivity index (χ2v) is 6.95. The second kappa shape index (κ2) is 5.01. The Bertz CT molecular complexity index is 1160. The van der Waals surface area contributed by atoms with Crippen LogP contribution in [-0.4, -0.2) is 21.7 Å². The fourth-order valence-corrected chi connectivity index (χ4v) is 4.41. The van der Waals surface area contributed by atoms with Gasteiger partial charge in [-0.05, 0) is 24.7 Å². The van der Waals surface area contributed by atoms with E-state index in [1.54, 1.807) is 24.3 Å². The van der Waals surface area contributed by atoms with Crippen LogP contribution in [-0.2, 0) is 15.0 Å². The third-order valence-corrected chi connectivity index (χ3v) is 5.37. The van der Waals surface area contributed by atoms with E-state index in [1.807, 2.05) is 0 Å². The van der Waals surface area contributed by atoms with E-state index >= 15 is 0 Å². The number of anilines is 1. The number of fused-ring (bicyclic) bond motifs is 5. The molecule has 3 aliphatic rings. The minimum Gasteiger partial charge on any atom is -0.444 e. The van der Waals surface area contributed by atoms with Crippen LogP contribution >= 0.6 is 12.2 Å². The summed E-state index contributed by atoms with van der Waals surface area (Å²) >= 11 is 5.05. The van der Waals surface area contributed by atoms with E-state index in [0.29, 0.717) is 36.3 Å². The smallest absolute Gasteiger partial charge is 0.260 e. The summed E-state index contributed by atoms with van der Waals surface area (Å²) in [7, 11) is 0. The maximum Gasteiger partial charge on any atom is 0.260 e. The molecule has 5 rings (SSSR count). The summed E-state index contributed by atoms with van der Waals surface area (Å²) in [5, 5.41) is 2.82. The third kappa shape index (κ3) is 1.71. The van der Waals surface area contributed by atoms with E-state index in [-0.39, 0.29) is 27.6 Å². The summed E-state index contributed by atoms with van der Waals surface area (Å²) in [6, 6.07) is 7.09. The van der Waals surface area contributed by atoms with Gasteiger partial charge < -0.3 is 15.0 Å². The summed E-state index contributed by atoms with van der Waals surface area (Å²) in [5.74, 6) is -0.0523. The fourth-order valence-electron chi connectivity index (χ4n) is 4.22. The van der Waals surface area contributed by atoms with E-state index in [4.69, 9.17) is 17.0 Å². The molecule has 3 heterocycles. The van der Waals surface area contributed by atoms with Crippen LogP contribution in [0.2, 0.25) is 0 Å². The number of aromatic amines is 2. The molecule has 1 aromatic carbocycles. The van der Waals surface area contributed by atoms with E-state index in [2.05, 4.69) is 15.3 Å². The predicted molar refractivity (Wildman–Crippen MR) is 94.6 cm³/mol. The van der Waals surface area contributed by atoms with Crippen molar-refractivity contribution in [1.82, 2.24) is 9.97 Å². The number of H-pyrrole nitrogens is 2. The highest BCUT2D eigenvalue weighted by Gasteiger charge is 2.59. The molecular formula is C18H13N3O4S. The first-order valence-corrected chi connectivity index (χ1v) is 8.67. The van der Waals surface area contributed by atoms with Crippen LogP contribution in [0.15, 0.2) is 40.4 Å². The molecule has 0 saturated heterocycles. The molecule has 1 aliphatic carbocycles. The monoisotopic (exact) mass is 367 g/mol. The molecule has 0 saturated carbocycles. The van der Waals surface area contributed by atoms with Gasteiger partial charge in [-0.3, -0.25) is 19.4 Å². The molecule has 1 aromatic heterocycles. The lowest BCUT2D eigenvalue weighted by Crippen LogP contribution is -2.48. The number of carbonyl (C=O) groups is 2. The van der Waals surface area contributed by atoms with E-state index in [9.17, 15) is 14.4 Å². The molecule has 2 aliphatic heterocycles. The molecule has 0 fully saturated rings. The van der Waals surface area contributed by atoms with Crippen molar-refractivity contribution in [2.45, 2.75) is 24.7 Å². The maximum absolute atomic E-state index is 13.3. The zero-order chi connectivity index (χ0) is 18.1. The lowest BCUT2D eigenvalue weighted by Gasteiger charge is -2.37. The average molecular weight is 367 g/mol. The lowest BCUT2D eigenvalue weighted by atomic mass is 9.65. The minimum absolute atomic E-state index is 0.0718. The van der Waals surface area contributed by atoms with Crippen molar-refractivity contribution < 1.29 is 14.3 Å². The van der Waals surface area contributed by atoms with E-state index < -0.39 is 16.9 Å². The molecule has 130 valence electrons. The number of nitrogens with one attached hydrogen (secondary N) is 3. The molecule has 7 nitrogen and oxygen atoms in total. The quantitative estimate of drug-likeness (QED) is 0.619. The Morgan fingerprint density at radius 1 is 1.08 bits per heavy atom. The number of carbonyl (C=O) groups excluding carboxylic acids is 2. The molecule has 26 heavy (non-hydrogen) atoms. The predicted octanol–water partition coefficient (Wildman–Crippen LogP) is 2.07. The molecular weight excluding hydrogens is 354 g/mol. The minimum atomic E-state index is -1.52. The Morgan fingerprint density at radius 2 is 1.88 bits per heavy atom. The maximum atomic E-state index is 13.3. The van der Waals surface area contributed by atoms with Gasteiger partial charge in [-0.25, -0.2) is 0 Å². The summed E-state index contributed by atoms with van der Waals surface area (Å²) in [6.07, 6.45) is 1.47. The normalized spacial score (nSPS) is 23.2. The molecule has 1 amide bonds. The lowest BCUT2D eigenvalue weighted by molar-refractivity contribution is -0.123. The Hall–Kier alpha value is -3.00. The van der Waals surface area contributed by atoms with Gasteiger partial charge in [0.15, 0.2) is 10.6 Å². The molecule has 8 heteroatoms. The Kier molecular flexibility index (Phi) is 2.94. The van der Waals surface area contributed by atoms with Crippen molar-refractivity contribution in [3.63, 3.8) is 0 Å². The highest BCUT2D eigenvalue weighted by molar-refractivity contribution is 7.71. The van der Waals surface area contributed by atoms with Gasteiger partial charge in [0.2, 0.25) is 11.8 Å². The highest BCUT2D eigenvalue weighted by Crippen LogP contribution is 2.53. The van der Waals surface area contributed by atoms with E-state index in [0.717, 1.165) is 0 Å². The van der Waals surface area contributed by atoms with Gasteiger partial charge in [-0.2, -0.15) is 0 Å². The van der Waals surface area contributed by atoms with Crippen molar-refractivity contribution in [3.8, 4) is 5.88 Å². The number of para-hydroxylation sites is 1. The fraction of sp³-hybridized carbons (Fsp3) is 0.222. The second-order valence-electron chi connectivity index (χ2n) is 6.54. The summed E-state index contributed by atoms with van der Waals surface area (Å²) in [6.45, 7) is 0. The van der Waals surface area contributed by atoms with E-state index in [1.165, 1.54) is 0 Å². The Balaban J connectivity index is 1.99. The van der Waals surface area contributed by atoms with Crippen molar-refractivity contribution >= 4 is 29.6 Å². The number of amides is 1. The topological polar surface area (TPSA) is 104 Å². The van der Waals surface area contributed by atoms with Crippen molar-refractivity contribution in [3.05, 3.63) is 61.8 Å². The Labute approximate surface area is 152 Å². The van der Waals surface area contributed by atoms with Gasteiger partial charge in [0.05, 0.1) is 5.57 Å². The summed E-state index contributed by atoms with van der Waals surface area (Å²) in [4.78, 5) is 44.3. The number of Topliss-reactive ketones (excluding diaryl/α,β-unsaturated/α-hetero) is 1. The van der Waals surface area contributed by atoms with Crippen LogP contribution in [0.4, 0.5) is 5.69 Å². The van der Waals surface area contributed by atoms with Gasteiger partial charge >= 0.3 is 0 Å². The van der Waals surface area contributed by atoms with Crippen LogP contribution in [0.3, 0.4) is 0 Å². The number of ketones is 1. The van der Waals surface area contributed by atoms with Crippen molar-refractivity contribution in [1.29, 1.82) is 0 Å². The first-order valence-electron chi connectivity index (χ1n) is 8.26. The number of ether oxygens (including phenoxy) is 1. The van der Waals surface area contributed by atoms with Gasteiger partial charge in [0.25, 0.3) is 5.56 Å². The Morgan fingerprint density at radius 3 is 2.73 bits per heavy atom. The van der Waals surface area contributed by atoms with Crippen LogP contribution in [0.25, 0.3) is 0 Å². The molecule has 0 bridgehead atoms. The molecule has 1 atom stereocenters. The first-order chi connectivity index (χ1) is 12.5. The molecule has 1 unspecified atom stereocenters. The number of hydrogen-bond donors (Lipinski definition) is 3. The largest absolute Gasteiger partial charge is 0.444 e. The van der Waals surface area contributed by atoms with Gasteiger partial charge in [-0.15, -0.1) is 0 Å². The average Bonchev–Trinajstić information content (AvgIpc) is 2.87. The number of rotatable bonds is 0. The van der Waals surface area contributed by atoms with Crippen LogP contribution in [0.1, 0.15) is 30.4 Å². The van der Waals surface area contributed by atoms with Crippen LogP contribution in [0.5, 0.6) is 5.88 Å². The molecule has 2 aromatic rings. The standard InChI is InChI=1S/C18H13N3O4S/c22-10-6-3-7-11-12(10)18(8-4-1-2-5-9(8)19-16(18)24)13-14(23)20-17(26)21-15(13)25-11/h1-2,4-5H,3,6-7H2,(H,19,24)(H2,20,21,23,26). The van der Waals surface area contributed by atoms with Gasteiger partial charge in [0, 0.05) is 24.1 Å². The summed E-state index contributed by atoms with van der Waals surface area (Å²) in [5.41, 5.74) is -0.576. The number of allylic oxidation sites excluding steroid dienone is 1. The van der Waals surface area contributed by atoms with Gasteiger partial charge in [-0.1, -0.05) is 18.2 Å². The van der Waals surface area contributed by atoms with Crippen molar-refractivity contribution in [2.75, 3.05) is 5.32 Å².